The smallest absolute Gasteiger partial charge is 0.344 e. The molecule has 0 bridgehead atoms. The van der Waals surface area contributed by atoms with Gasteiger partial charge in [0.1, 0.15) is 5.57 Å². The fourth-order valence-corrected chi connectivity index (χ4v) is 3.59. The molecule has 0 spiro atoms. The summed E-state index contributed by atoms with van der Waals surface area (Å²) in [6.45, 7) is 1.64. The molecule has 0 saturated carbocycles. The first kappa shape index (κ1) is 24.5. The Labute approximate surface area is 205 Å². The van der Waals surface area contributed by atoms with Crippen LogP contribution in [0.25, 0.3) is 6.08 Å². The van der Waals surface area contributed by atoms with Crippen molar-refractivity contribution in [1.29, 1.82) is 0 Å². The highest BCUT2D eigenvalue weighted by Gasteiger charge is 2.35. The van der Waals surface area contributed by atoms with Crippen LogP contribution in [0.2, 0.25) is 10.0 Å². The van der Waals surface area contributed by atoms with Crippen LogP contribution in [0.5, 0.6) is 11.5 Å². The number of amides is 2. The van der Waals surface area contributed by atoms with E-state index in [0.717, 1.165) is 4.90 Å². The molecule has 11 heteroatoms. The van der Waals surface area contributed by atoms with Crippen molar-refractivity contribution in [3.8, 4) is 11.5 Å². The van der Waals surface area contributed by atoms with Crippen molar-refractivity contribution in [2.75, 3.05) is 25.2 Å². The summed E-state index contributed by atoms with van der Waals surface area (Å²) in [5.74, 6) is -1.27. The first-order valence-corrected chi connectivity index (χ1v) is 10.7. The Morgan fingerprint density at radius 1 is 1.18 bits per heavy atom. The zero-order chi connectivity index (χ0) is 24.1. The second kappa shape index (κ2) is 10.7. The molecule has 3 rings (SSSR count). The summed E-state index contributed by atoms with van der Waals surface area (Å²) in [5.41, 5.74) is 0.533. The van der Waals surface area contributed by atoms with E-state index in [0.29, 0.717) is 17.1 Å². The highest BCUT2D eigenvalue weighted by molar-refractivity contribution is 7.80. The van der Waals surface area contributed by atoms with Crippen molar-refractivity contribution in [2.45, 2.75) is 6.92 Å². The van der Waals surface area contributed by atoms with Crippen molar-refractivity contribution in [3.63, 3.8) is 0 Å². The molecule has 1 aliphatic rings. The van der Waals surface area contributed by atoms with Gasteiger partial charge in [0.25, 0.3) is 11.8 Å². The number of methoxy groups -OCH3 is 1. The maximum absolute atomic E-state index is 13.2. The lowest BCUT2D eigenvalue weighted by Gasteiger charge is -2.29. The largest absolute Gasteiger partial charge is 0.493 e. The van der Waals surface area contributed by atoms with Gasteiger partial charge in [-0.3, -0.25) is 19.8 Å². The van der Waals surface area contributed by atoms with Crippen LogP contribution >= 0.6 is 35.4 Å². The molecule has 1 aliphatic heterocycles. The summed E-state index contributed by atoms with van der Waals surface area (Å²) < 4.78 is 15.6. The number of anilines is 1. The van der Waals surface area contributed by atoms with Crippen molar-refractivity contribution >= 4 is 70.1 Å². The monoisotopic (exact) mass is 508 g/mol. The molecule has 0 aromatic heterocycles. The van der Waals surface area contributed by atoms with Gasteiger partial charge in [-0.2, -0.15) is 0 Å². The highest BCUT2D eigenvalue weighted by Crippen LogP contribution is 2.35. The number of esters is 1. The number of rotatable bonds is 7. The fourth-order valence-electron chi connectivity index (χ4n) is 2.94. The molecular weight excluding hydrogens is 491 g/mol. The van der Waals surface area contributed by atoms with Crippen molar-refractivity contribution < 1.29 is 28.6 Å². The number of hydrogen-bond acceptors (Lipinski definition) is 7. The molecule has 172 valence electrons. The minimum absolute atomic E-state index is 0.119. The van der Waals surface area contributed by atoms with Crippen LogP contribution < -0.4 is 19.7 Å². The maximum Gasteiger partial charge on any atom is 0.344 e. The van der Waals surface area contributed by atoms with Crippen molar-refractivity contribution in [1.82, 2.24) is 5.32 Å². The van der Waals surface area contributed by atoms with Crippen LogP contribution in [0.3, 0.4) is 0 Å². The molecule has 0 atom stereocenters. The third-order valence-corrected chi connectivity index (χ3v) is 5.52. The topological polar surface area (TPSA) is 94.2 Å². The van der Waals surface area contributed by atoms with Gasteiger partial charge >= 0.3 is 5.97 Å². The fraction of sp³-hybridized carbons (Fsp3) is 0.182. The van der Waals surface area contributed by atoms with Gasteiger partial charge in [-0.1, -0.05) is 35.3 Å². The number of ether oxygens (including phenoxy) is 3. The SMILES string of the molecule is CCOC(=O)COc1ccc(/C=C2\C(=O)NC(=S)N(c3cccc(Cl)c3Cl)C2=O)cc1OC. The van der Waals surface area contributed by atoms with Crippen LogP contribution in [0, 0.1) is 0 Å². The van der Waals surface area contributed by atoms with Crippen molar-refractivity contribution in [2.24, 2.45) is 0 Å². The number of thiocarbonyl (C=S) groups is 1. The first-order valence-electron chi connectivity index (χ1n) is 9.58. The number of carbonyl (C=O) groups excluding carboxylic acids is 3. The number of hydrogen-bond donors (Lipinski definition) is 1. The standard InChI is InChI=1S/C22H18Cl2N2O6S/c1-3-31-18(27)11-32-16-8-7-12(10-17(16)30-2)9-13-20(28)25-22(33)26(21(13)29)15-6-4-5-14(23)19(15)24/h4-10H,3,11H2,1-2H3,(H,25,28,33)/b13-9+. The molecule has 0 aliphatic carbocycles. The first-order chi connectivity index (χ1) is 15.8. The summed E-state index contributed by atoms with van der Waals surface area (Å²) >= 11 is 17.5. The quantitative estimate of drug-likeness (QED) is 0.263. The van der Waals surface area contributed by atoms with E-state index >= 15 is 0 Å². The normalized spacial score (nSPS) is 14.8. The van der Waals surface area contributed by atoms with Gasteiger partial charge in [0.15, 0.2) is 23.2 Å². The molecule has 0 radical (unpaired) electrons. The van der Waals surface area contributed by atoms with Crippen LogP contribution in [-0.2, 0) is 19.1 Å². The van der Waals surface area contributed by atoms with Crippen LogP contribution in [-0.4, -0.2) is 43.2 Å². The Bertz CT molecular complexity index is 1170. The average molecular weight is 509 g/mol. The maximum atomic E-state index is 13.2. The van der Waals surface area contributed by atoms with Crippen molar-refractivity contribution in [3.05, 3.63) is 57.6 Å². The van der Waals surface area contributed by atoms with Gasteiger partial charge in [-0.25, -0.2) is 4.79 Å². The molecule has 2 aromatic rings. The van der Waals surface area contributed by atoms with Gasteiger partial charge in [0, 0.05) is 0 Å². The summed E-state index contributed by atoms with van der Waals surface area (Å²) in [4.78, 5) is 38.3. The molecule has 0 unspecified atom stereocenters. The van der Waals surface area contributed by atoms with E-state index in [4.69, 9.17) is 49.6 Å². The van der Waals surface area contributed by atoms with E-state index in [1.165, 1.54) is 13.2 Å². The Morgan fingerprint density at radius 2 is 1.94 bits per heavy atom. The molecular formula is C22H18Cl2N2O6S. The Balaban J connectivity index is 1.92. The molecule has 2 aromatic carbocycles. The summed E-state index contributed by atoms with van der Waals surface area (Å²) in [5, 5.41) is 2.71. The van der Waals surface area contributed by atoms with E-state index in [-0.39, 0.29) is 39.6 Å². The van der Waals surface area contributed by atoms with Gasteiger partial charge < -0.3 is 14.2 Å². The predicted molar refractivity (Wildman–Crippen MR) is 128 cm³/mol. The second-order valence-corrected chi connectivity index (χ2v) is 7.71. The van der Waals surface area contributed by atoms with E-state index in [1.807, 2.05) is 0 Å². The lowest BCUT2D eigenvalue weighted by Crippen LogP contribution is -2.54. The van der Waals surface area contributed by atoms with E-state index in [1.54, 1.807) is 43.3 Å². The van der Waals surface area contributed by atoms with E-state index in [9.17, 15) is 14.4 Å². The zero-order valence-corrected chi connectivity index (χ0v) is 19.8. The number of nitrogens with one attached hydrogen (secondary N) is 1. The van der Waals surface area contributed by atoms with E-state index in [2.05, 4.69) is 5.32 Å². The number of carbonyl (C=O) groups is 3. The lowest BCUT2D eigenvalue weighted by molar-refractivity contribution is -0.145. The van der Waals surface area contributed by atoms with Crippen LogP contribution in [0.15, 0.2) is 42.0 Å². The highest BCUT2D eigenvalue weighted by atomic mass is 35.5. The van der Waals surface area contributed by atoms with Crippen LogP contribution in [0.4, 0.5) is 5.69 Å². The van der Waals surface area contributed by atoms with Gasteiger partial charge in [-0.15, -0.1) is 0 Å². The van der Waals surface area contributed by atoms with E-state index < -0.39 is 17.8 Å². The third kappa shape index (κ3) is 5.44. The summed E-state index contributed by atoms with van der Waals surface area (Å²) in [7, 11) is 1.42. The van der Waals surface area contributed by atoms with Gasteiger partial charge in [0.2, 0.25) is 0 Å². The predicted octanol–water partition coefficient (Wildman–Crippen LogP) is 3.78. The molecule has 8 nitrogen and oxygen atoms in total. The number of nitrogens with zero attached hydrogens (tertiary/aromatic N) is 1. The Morgan fingerprint density at radius 3 is 2.64 bits per heavy atom. The molecule has 33 heavy (non-hydrogen) atoms. The zero-order valence-electron chi connectivity index (χ0n) is 17.5. The summed E-state index contributed by atoms with van der Waals surface area (Å²) in [6.07, 6.45) is 1.38. The number of benzene rings is 2. The van der Waals surface area contributed by atoms with Crippen LogP contribution in [0.1, 0.15) is 12.5 Å². The Hall–Kier alpha value is -3.14. The minimum atomic E-state index is -0.672. The number of halogens is 2. The second-order valence-electron chi connectivity index (χ2n) is 6.53. The molecule has 2 amide bonds. The molecule has 1 heterocycles. The Kier molecular flexibility index (Phi) is 7.91. The lowest BCUT2D eigenvalue weighted by atomic mass is 10.1. The average Bonchev–Trinajstić information content (AvgIpc) is 2.78. The van der Waals surface area contributed by atoms with Gasteiger partial charge in [0.05, 0.1) is 29.4 Å². The van der Waals surface area contributed by atoms with Gasteiger partial charge in [-0.05, 0) is 55.0 Å². The molecule has 1 N–H and O–H groups in total. The molecule has 1 fully saturated rings. The third-order valence-electron chi connectivity index (χ3n) is 4.42. The molecule has 1 saturated heterocycles. The minimum Gasteiger partial charge on any atom is -0.493 e. The summed E-state index contributed by atoms with van der Waals surface area (Å²) in [6, 6.07) is 9.44.